The zero-order valence-electron chi connectivity index (χ0n) is 2.96. The molecule has 0 saturated heterocycles. The van der Waals surface area contributed by atoms with E-state index in [4.69, 9.17) is 0 Å². The molecule has 0 saturated carbocycles. The molecule has 0 spiro atoms. The molecular formula is AlFLi2. The maximum absolute atomic E-state index is 11.1. The molecule has 0 bridgehead atoms. The van der Waals surface area contributed by atoms with Gasteiger partial charge in [0, 0.05) is 0 Å². The van der Waals surface area contributed by atoms with Gasteiger partial charge in [0.15, 0.2) is 0 Å². The van der Waals surface area contributed by atoms with Gasteiger partial charge in [-0.05, 0) is 0 Å². The first-order valence-electron chi connectivity index (χ1n) is 1.37. The van der Waals surface area contributed by atoms with Crippen molar-refractivity contribution in [2.24, 2.45) is 0 Å². The summed E-state index contributed by atoms with van der Waals surface area (Å²) in [5, 5.41) is 0. The number of hydrogen-bond donors (Lipinski definition) is 0. The zero-order valence-corrected chi connectivity index (χ0v) is 4.11. The summed E-state index contributed by atoms with van der Waals surface area (Å²) < 4.78 is 11.1. The molecule has 4 heavy (non-hydrogen) atoms. The predicted molar refractivity (Wildman–Crippen MR) is 18.4 cm³/mol. The van der Waals surface area contributed by atoms with Crippen LogP contribution < -0.4 is 0 Å². The Balaban J connectivity index is 2.32. The molecule has 4 heteroatoms. The van der Waals surface area contributed by atoms with Crippen LogP contribution in [0.25, 0.3) is 0 Å². The predicted octanol–water partition coefficient (Wildman–Crippen LogP) is -0.722. The van der Waals surface area contributed by atoms with E-state index in [1.54, 1.807) is 31.4 Å². The Bertz CT molecular complexity index is 10.8. The molecule has 0 N–H and O–H groups in total. The molecule has 0 amide bonds. The summed E-state index contributed by atoms with van der Waals surface area (Å²) in [4.78, 5) is 0. The van der Waals surface area contributed by atoms with Gasteiger partial charge in [-0.1, -0.05) is 0 Å². The van der Waals surface area contributed by atoms with Gasteiger partial charge in [0.2, 0.25) is 0 Å². The Morgan fingerprint density at radius 3 is 1.50 bits per heavy atom. The van der Waals surface area contributed by atoms with Crippen molar-refractivity contribution < 1.29 is 3.52 Å². The van der Waals surface area contributed by atoms with Crippen molar-refractivity contribution in [2.45, 2.75) is 0 Å². The molecule has 0 aliphatic carbocycles. The quantitative estimate of drug-likeness (QED) is 0.323. The Morgan fingerprint density at radius 2 is 1.50 bits per heavy atom. The summed E-state index contributed by atoms with van der Waals surface area (Å²) in [6, 6.07) is 0. The molecule has 0 aromatic heterocycles. The third-order valence-corrected chi connectivity index (χ3v) is 0. The van der Waals surface area contributed by atoms with Gasteiger partial charge in [0.1, 0.15) is 0 Å². The van der Waals surface area contributed by atoms with Crippen LogP contribution in [0.3, 0.4) is 0 Å². The molecule has 0 aromatic rings. The van der Waals surface area contributed by atoms with Gasteiger partial charge in [-0.15, -0.1) is 0 Å². The van der Waals surface area contributed by atoms with Gasteiger partial charge in [0.05, 0.1) is 0 Å². The molecule has 0 nitrogen and oxygen atoms in total. The van der Waals surface area contributed by atoms with Crippen LogP contribution in [-0.2, 0) is 0 Å². The Morgan fingerprint density at radius 1 is 1.50 bits per heavy atom. The molecule has 0 aromatic carbocycles. The molecule has 0 aliphatic heterocycles. The first kappa shape index (κ1) is 5.66. The van der Waals surface area contributed by atoms with Crippen molar-refractivity contribution in [3.05, 3.63) is 0 Å². The second kappa shape index (κ2) is 2.87. The van der Waals surface area contributed by atoms with Crippen molar-refractivity contribution in [1.82, 2.24) is 0 Å². The fourth-order valence-corrected chi connectivity index (χ4v) is 0. The summed E-state index contributed by atoms with van der Waals surface area (Å²) in [6.45, 7) is 0. The van der Waals surface area contributed by atoms with Crippen LogP contribution in [0.1, 0.15) is 0 Å². The fraction of sp³-hybridized carbons (Fsp3) is 0. The first-order chi connectivity index (χ1) is 1.73. The second-order valence-electron chi connectivity index (χ2n) is 1.01. The van der Waals surface area contributed by atoms with Gasteiger partial charge in [-0.2, -0.15) is 0 Å². The van der Waals surface area contributed by atoms with E-state index >= 15 is 0 Å². The van der Waals surface area contributed by atoms with E-state index in [0.717, 1.165) is 0 Å². The summed E-state index contributed by atoms with van der Waals surface area (Å²) in [5.41, 5.74) is 0. The van der Waals surface area contributed by atoms with Crippen molar-refractivity contribution in [3.8, 4) is 0 Å². The fourth-order valence-electron chi connectivity index (χ4n) is 0. The van der Waals surface area contributed by atoms with E-state index in [0.29, 0.717) is 0 Å². The molecule has 0 rings (SSSR count). The van der Waals surface area contributed by atoms with E-state index in [9.17, 15) is 3.52 Å². The number of hydrogen-bond acceptors (Lipinski definition) is 0. The van der Waals surface area contributed by atoms with E-state index < -0.39 is 10.2 Å². The third-order valence-electron chi connectivity index (χ3n) is 0. The van der Waals surface area contributed by atoms with Crippen LogP contribution in [-0.4, -0.2) is 41.6 Å². The molecule has 0 unspecified atom stereocenters. The molecule has 0 radical (unpaired) electrons. The average Bonchev–Trinajstić information content (AvgIpc) is 0.811. The van der Waals surface area contributed by atoms with Crippen LogP contribution >= 0.6 is 0 Å². The van der Waals surface area contributed by atoms with Crippen LogP contribution in [0.2, 0.25) is 0 Å². The second-order valence-corrected chi connectivity index (χ2v) is 3.04. The Labute approximate surface area is 44.9 Å². The standard InChI is InChI=1S/Al.FH.2Li/h;1H;;/q+1;;;/p-1. The van der Waals surface area contributed by atoms with Crippen molar-refractivity contribution in [2.75, 3.05) is 0 Å². The van der Waals surface area contributed by atoms with Crippen LogP contribution in [0.4, 0.5) is 3.52 Å². The Hall–Kier alpha value is 1.66. The van der Waals surface area contributed by atoms with Gasteiger partial charge < -0.3 is 0 Å². The van der Waals surface area contributed by atoms with E-state index in [1.165, 1.54) is 0 Å². The molecule has 0 aliphatic rings. The van der Waals surface area contributed by atoms with Gasteiger partial charge in [-0.3, -0.25) is 0 Å². The van der Waals surface area contributed by atoms with Crippen molar-refractivity contribution in [3.63, 3.8) is 0 Å². The van der Waals surface area contributed by atoms with E-state index in [-0.39, 0.29) is 0 Å². The number of rotatable bonds is 0. The SMILES string of the molecule is [Li][Al]([Li])[F]. The van der Waals surface area contributed by atoms with Crippen molar-refractivity contribution >= 4 is 41.6 Å². The summed E-state index contributed by atoms with van der Waals surface area (Å²) in [7, 11) is -1.64. The maximum atomic E-state index is 11.1. The van der Waals surface area contributed by atoms with Crippen molar-refractivity contribution in [1.29, 1.82) is 0 Å². The number of halogens is 1. The minimum absolute atomic E-state index is 1.64. The van der Waals surface area contributed by atoms with Crippen LogP contribution in [0.5, 0.6) is 0 Å². The molecule has 0 heterocycles. The molecular weight excluding hydrogens is 59.9 g/mol. The Kier molecular flexibility index (Phi) is 4.06. The van der Waals surface area contributed by atoms with Crippen LogP contribution in [0.15, 0.2) is 0 Å². The zero-order chi connectivity index (χ0) is 3.58. The van der Waals surface area contributed by atoms with Crippen LogP contribution in [0, 0.1) is 0 Å². The normalized spacial score (nSPS) is 7.25. The topological polar surface area (TPSA) is 0 Å². The third kappa shape index (κ3) is 9.40. The van der Waals surface area contributed by atoms with E-state index in [2.05, 4.69) is 0 Å². The first-order valence-corrected chi connectivity index (χ1v) is 4.12. The summed E-state index contributed by atoms with van der Waals surface area (Å²) in [6.07, 6.45) is 0. The summed E-state index contributed by atoms with van der Waals surface area (Å²) >= 11 is 3.28. The van der Waals surface area contributed by atoms with Gasteiger partial charge in [-0.25, -0.2) is 0 Å². The van der Waals surface area contributed by atoms with Gasteiger partial charge >= 0.3 is 45.1 Å². The minimum atomic E-state index is -1.64. The molecule has 12 valence electrons. The summed E-state index contributed by atoms with van der Waals surface area (Å²) in [5.74, 6) is 0. The van der Waals surface area contributed by atoms with Gasteiger partial charge in [0.25, 0.3) is 0 Å². The van der Waals surface area contributed by atoms with E-state index in [1.807, 2.05) is 0 Å². The molecule has 0 atom stereocenters. The molecule has 0 fully saturated rings. The average molecular weight is 59.9 g/mol. The monoisotopic (exact) mass is 60.0 g/mol.